The Morgan fingerprint density at radius 2 is 2.03 bits per heavy atom. The molecule has 0 saturated heterocycles. The van der Waals surface area contributed by atoms with E-state index in [0.717, 1.165) is 10.9 Å². The van der Waals surface area contributed by atoms with Gasteiger partial charge in [-0.25, -0.2) is 14.4 Å². The maximum Gasteiger partial charge on any atom is 0.270 e. The number of nitrogens with zero attached hydrogens (tertiary/aromatic N) is 5. The van der Waals surface area contributed by atoms with E-state index in [4.69, 9.17) is 5.73 Å². The number of nitrogens with two attached hydrogens (primary N) is 1. The first-order valence-corrected chi connectivity index (χ1v) is 10.8. The first-order valence-electron chi connectivity index (χ1n) is 10.8. The molecular formula is C25H25FN8O. The van der Waals surface area contributed by atoms with Gasteiger partial charge in [0.1, 0.15) is 23.2 Å². The zero-order chi connectivity index (χ0) is 24.9. The van der Waals surface area contributed by atoms with Gasteiger partial charge in [0.15, 0.2) is 0 Å². The summed E-state index contributed by atoms with van der Waals surface area (Å²) in [5, 5.41) is 11.0. The van der Waals surface area contributed by atoms with Gasteiger partial charge in [0.2, 0.25) is 0 Å². The molecule has 3 aromatic heterocycles. The molecule has 0 fully saturated rings. The van der Waals surface area contributed by atoms with E-state index in [1.54, 1.807) is 80.7 Å². The summed E-state index contributed by atoms with van der Waals surface area (Å²) >= 11 is 0. The van der Waals surface area contributed by atoms with E-state index in [9.17, 15) is 9.18 Å². The molecule has 0 aliphatic carbocycles. The van der Waals surface area contributed by atoms with Gasteiger partial charge in [-0.15, -0.1) is 0 Å². The standard InChI is InChI=1S/C25H25FN8O/c1-15-4-5-16(10-19(15)26)24(18-13-30-34(3)14-18)33-25(35)20-7-6-17-12-29-23(11-21(17)31-20)32-22(28-2)8-9-27/h4-14,24H,27H2,1-3H3,(H,33,35)(H,28,29,32)/t24-/m0/s1. The number of hydrogen-bond donors (Lipinski definition) is 3. The lowest BCUT2D eigenvalue weighted by Gasteiger charge is -2.18. The second-order valence-electron chi connectivity index (χ2n) is 7.91. The molecule has 4 aromatic rings. The second kappa shape index (κ2) is 10.1. The largest absolute Gasteiger partial charge is 0.404 e. The summed E-state index contributed by atoms with van der Waals surface area (Å²) in [5.74, 6) is 0.277. The summed E-state index contributed by atoms with van der Waals surface area (Å²) in [6.07, 6.45) is 8.05. The summed E-state index contributed by atoms with van der Waals surface area (Å²) in [6.45, 7) is 1.69. The minimum Gasteiger partial charge on any atom is -0.404 e. The molecule has 0 unspecified atom stereocenters. The van der Waals surface area contributed by atoms with Crippen LogP contribution in [0.4, 0.5) is 10.2 Å². The molecule has 0 aliphatic heterocycles. The summed E-state index contributed by atoms with van der Waals surface area (Å²) in [4.78, 5) is 26.2. The van der Waals surface area contributed by atoms with Crippen molar-refractivity contribution in [2.75, 3.05) is 12.4 Å². The highest BCUT2D eigenvalue weighted by Gasteiger charge is 2.21. The van der Waals surface area contributed by atoms with Crippen LogP contribution in [0.15, 0.2) is 72.3 Å². The number of carbonyl (C=O) groups excluding carboxylic acids is 1. The molecule has 1 aromatic carbocycles. The molecule has 1 amide bonds. The molecule has 3 heterocycles. The minimum atomic E-state index is -0.607. The number of anilines is 1. The molecule has 4 N–H and O–H groups in total. The fourth-order valence-corrected chi connectivity index (χ4v) is 3.55. The van der Waals surface area contributed by atoms with Gasteiger partial charge < -0.3 is 16.4 Å². The predicted octanol–water partition coefficient (Wildman–Crippen LogP) is 3.24. The highest BCUT2D eigenvalue weighted by atomic mass is 19.1. The molecule has 10 heteroatoms. The van der Waals surface area contributed by atoms with Crippen LogP contribution < -0.4 is 16.4 Å². The van der Waals surface area contributed by atoms with Crippen LogP contribution in [0, 0.1) is 12.7 Å². The average molecular weight is 473 g/mol. The van der Waals surface area contributed by atoms with Crippen molar-refractivity contribution in [1.29, 1.82) is 0 Å². The van der Waals surface area contributed by atoms with Crippen molar-refractivity contribution in [1.82, 2.24) is 25.1 Å². The Balaban J connectivity index is 1.64. The van der Waals surface area contributed by atoms with Crippen molar-refractivity contribution in [3.63, 3.8) is 0 Å². The number of rotatable bonds is 6. The predicted molar refractivity (Wildman–Crippen MR) is 134 cm³/mol. The number of carbonyl (C=O) groups is 1. The Bertz CT molecular complexity index is 1440. The Hall–Kier alpha value is -4.60. The van der Waals surface area contributed by atoms with Crippen LogP contribution in [-0.4, -0.2) is 38.5 Å². The topological polar surface area (TPSA) is 123 Å². The number of benzene rings is 1. The van der Waals surface area contributed by atoms with Crippen LogP contribution in [0.25, 0.3) is 10.9 Å². The molecule has 0 radical (unpaired) electrons. The molecular weight excluding hydrogens is 447 g/mol. The maximum absolute atomic E-state index is 14.3. The molecule has 0 aliphatic rings. The Labute approximate surface area is 201 Å². The lowest BCUT2D eigenvalue weighted by molar-refractivity contribution is 0.0938. The number of halogens is 1. The first-order chi connectivity index (χ1) is 16.9. The van der Waals surface area contributed by atoms with Crippen LogP contribution in [0.3, 0.4) is 0 Å². The third-order valence-corrected chi connectivity index (χ3v) is 5.42. The van der Waals surface area contributed by atoms with Gasteiger partial charge in [-0.2, -0.15) is 5.10 Å². The third-order valence-electron chi connectivity index (χ3n) is 5.42. The molecule has 1 atom stereocenters. The molecule has 0 bridgehead atoms. The van der Waals surface area contributed by atoms with E-state index in [2.05, 4.69) is 30.7 Å². The number of aromatic nitrogens is 4. The molecule has 4 rings (SSSR count). The van der Waals surface area contributed by atoms with E-state index in [0.29, 0.717) is 28.3 Å². The third kappa shape index (κ3) is 5.32. The number of hydrogen-bond acceptors (Lipinski definition) is 6. The van der Waals surface area contributed by atoms with Crippen molar-refractivity contribution < 1.29 is 9.18 Å². The Morgan fingerprint density at radius 1 is 1.20 bits per heavy atom. The number of pyridine rings is 2. The molecule has 35 heavy (non-hydrogen) atoms. The summed E-state index contributed by atoms with van der Waals surface area (Å²) in [6, 6.07) is 9.40. The number of aryl methyl sites for hydroxylation is 2. The summed E-state index contributed by atoms with van der Waals surface area (Å²) < 4.78 is 15.9. The Kier molecular flexibility index (Phi) is 6.81. The highest BCUT2D eigenvalue weighted by Crippen LogP contribution is 2.24. The lowest BCUT2D eigenvalue weighted by Crippen LogP contribution is -2.30. The molecule has 0 saturated carbocycles. The van der Waals surface area contributed by atoms with Gasteiger partial charge in [-0.05, 0) is 48.5 Å². The zero-order valence-electron chi connectivity index (χ0n) is 19.5. The second-order valence-corrected chi connectivity index (χ2v) is 7.91. The lowest BCUT2D eigenvalue weighted by atomic mass is 9.99. The minimum absolute atomic E-state index is 0.211. The Morgan fingerprint density at radius 3 is 2.71 bits per heavy atom. The van der Waals surface area contributed by atoms with E-state index in [-0.39, 0.29) is 11.5 Å². The van der Waals surface area contributed by atoms with Gasteiger partial charge >= 0.3 is 0 Å². The van der Waals surface area contributed by atoms with E-state index < -0.39 is 11.9 Å². The maximum atomic E-state index is 14.3. The van der Waals surface area contributed by atoms with Crippen LogP contribution in [-0.2, 0) is 7.05 Å². The van der Waals surface area contributed by atoms with E-state index in [1.807, 2.05) is 0 Å². The van der Waals surface area contributed by atoms with Crippen LogP contribution >= 0.6 is 0 Å². The van der Waals surface area contributed by atoms with Gasteiger partial charge in [0.25, 0.3) is 5.91 Å². The van der Waals surface area contributed by atoms with E-state index in [1.165, 1.54) is 12.3 Å². The van der Waals surface area contributed by atoms with Gasteiger partial charge in [0, 0.05) is 43.5 Å². The molecule has 0 spiro atoms. The van der Waals surface area contributed by atoms with Crippen LogP contribution in [0.1, 0.15) is 33.2 Å². The zero-order valence-corrected chi connectivity index (χ0v) is 19.5. The average Bonchev–Trinajstić information content (AvgIpc) is 3.29. The number of fused-ring (bicyclic) bond motifs is 1. The van der Waals surface area contributed by atoms with E-state index >= 15 is 0 Å². The number of amides is 1. The van der Waals surface area contributed by atoms with Crippen molar-refractivity contribution in [2.24, 2.45) is 17.8 Å². The van der Waals surface area contributed by atoms with Crippen molar-refractivity contribution in [3.8, 4) is 0 Å². The number of amidine groups is 1. The fraction of sp³-hybridized carbons (Fsp3) is 0.160. The van der Waals surface area contributed by atoms with Gasteiger partial charge in [-0.1, -0.05) is 12.1 Å². The molecule has 178 valence electrons. The SMILES string of the molecule is CN=C(C=CN)Nc1cc2nc(C(=O)N[C@@H](c3ccc(C)c(F)c3)c3cnn(C)c3)ccc2cn1. The summed E-state index contributed by atoms with van der Waals surface area (Å²) in [5.41, 5.74) is 8.07. The monoisotopic (exact) mass is 472 g/mol. The highest BCUT2D eigenvalue weighted by molar-refractivity contribution is 6.04. The number of nitrogens with one attached hydrogen (secondary N) is 2. The van der Waals surface area contributed by atoms with Crippen LogP contribution in [0.5, 0.6) is 0 Å². The van der Waals surface area contributed by atoms with Gasteiger partial charge in [-0.3, -0.25) is 14.5 Å². The normalized spacial score (nSPS) is 12.7. The van der Waals surface area contributed by atoms with Crippen LogP contribution in [0.2, 0.25) is 0 Å². The smallest absolute Gasteiger partial charge is 0.270 e. The first kappa shape index (κ1) is 23.6. The van der Waals surface area contributed by atoms with Crippen molar-refractivity contribution in [2.45, 2.75) is 13.0 Å². The van der Waals surface area contributed by atoms with Crippen molar-refractivity contribution in [3.05, 3.63) is 95.5 Å². The quantitative estimate of drug-likeness (QED) is 0.292. The van der Waals surface area contributed by atoms with Crippen molar-refractivity contribution >= 4 is 28.5 Å². The summed E-state index contributed by atoms with van der Waals surface area (Å²) in [7, 11) is 3.41. The molecule has 9 nitrogen and oxygen atoms in total. The number of aliphatic imine (C=N–C) groups is 1. The fourth-order valence-electron chi connectivity index (χ4n) is 3.55. The van der Waals surface area contributed by atoms with Gasteiger partial charge in [0.05, 0.1) is 17.8 Å².